The standard InChI is InChI=1S/C13H16ClNO2/c14-13-6-12(4-3-11(13)9-17)15-5-1-2-10(7-15)8-16/h3-4,6,9-10,16H,1-2,5,7-8H2. The maximum atomic E-state index is 10.7. The van der Waals surface area contributed by atoms with Crippen molar-refractivity contribution in [1.82, 2.24) is 0 Å². The van der Waals surface area contributed by atoms with Gasteiger partial charge in [0, 0.05) is 30.9 Å². The molecule has 0 aromatic heterocycles. The molecule has 1 aliphatic rings. The highest BCUT2D eigenvalue weighted by Gasteiger charge is 2.19. The fraction of sp³-hybridized carbons (Fsp3) is 0.462. The van der Waals surface area contributed by atoms with Crippen molar-refractivity contribution < 1.29 is 9.90 Å². The van der Waals surface area contributed by atoms with Crippen molar-refractivity contribution in [1.29, 1.82) is 0 Å². The van der Waals surface area contributed by atoms with Crippen LogP contribution in [0.3, 0.4) is 0 Å². The number of nitrogens with zero attached hydrogens (tertiary/aromatic N) is 1. The molecule has 1 N–H and O–H groups in total. The molecule has 0 saturated carbocycles. The van der Waals surface area contributed by atoms with E-state index >= 15 is 0 Å². The van der Waals surface area contributed by atoms with E-state index in [1.165, 1.54) is 0 Å². The molecule has 1 heterocycles. The smallest absolute Gasteiger partial charge is 0.151 e. The van der Waals surface area contributed by atoms with E-state index in [-0.39, 0.29) is 6.61 Å². The summed E-state index contributed by atoms with van der Waals surface area (Å²) in [5, 5.41) is 9.68. The summed E-state index contributed by atoms with van der Waals surface area (Å²) in [6, 6.07) is 5.48. The van der Waals surface area contributed by atoms with Crippen molar-refractivity contribution in [3.05, 3.63) is 28.8 Å². The van der Waals surface area contributed by atoms with Gasteiger partial charge in [0.1, 0.15) is 0 Å². The second-order valence-corrected chi connectivity index (χ2v) is 4.87. The van der Waals surface area contributed by atoms with Gasteiger partial charge in [-0.3, -0.25) is 4.79 Å². The van der Waals surface area contributed by atoms with E-state index in [2.05, 4.69) is 4.90 Å². The van der Waals surface area contributed by atoms with Gasteiger partial charge >= 0.3 is 0 Å². The Kier molecular flexibility index (Phi) is 4.02. The molecule has 0 radical (unpaired) electrons. The van der Waals surface area contributed by atoms with Crippen LogP contribution in [0.2, 0.25) is 5.02 Å². The first-order valence-electron chi connectivity index (χ1n) is 5.85. The number of hydrogen-bond donors (Lipinski definition) is 1. The first kappa shape index (κ1) is 12.4. The zero-order valence-electron chi connectivity index (χ0n) is 9.60. The number of hydrogen-bond acceptors (Lipinski definition) is 3. The number of benzene rings is 1. The highest BCUT2D eigenvalue weighted by molar-refractivity contribution is 6.33. The largest absolute Gasteiger partial charge is 0.396 e. The minimum atomic E-state index is 0.233. The van der Waals surface area contributed by atoms with Gasteiger partial charge in [-0.15, -0.1) is 0 Å². The minimum Gasteiger partial charge on any atom is -0.396 e. The lowest BCUT2D eigenvalue weighted by atomic mass is 9.98. The van der Waals surface area contributed by atoms with Gasteiger partial charge < -0.3 is 10.0 Å². The highest BCUT2D eigenvalue weighted by atomic mass is 35.5. The van der Waals surface area contributed by atoms with Crippen LogP contribution in [0.25, 0.3) is 0 Å². The van der Waals surface area contributed by atoms with Crippen LogP contribution in [0.5, 0.6) is 0 Å². The molecule has 92 valence electrons. The average molecular weight is 254 g/mol. The first-order valence-corrected chi connectivity index (χ1v) is 6.23. The summed E-state index contributed by atoms with van der Waals surface area (Å²) in [5.41, 5.74) is 1.55. The van der Waals surface area contributed by atoms with Crippen LogP contribution in [0, 0.1) is 5.92 Å². The Morgan fingerprint density at radius 3 is 3.00 bits per heavy atom. The summed E-state index contributed by atoms with van der Waals surface area (Å²) in [6.07, 6.45) is 2.92. The molecular formula is C13H16ClNO2. The van der Waals surface area contributed by atoms with Gasteiger partial charge in [0.05, 0.1) is 5.02 Å². The van der Waals surface area contributed by atoms with Gasteiger partial charge in [-0.2, -0.15) is 0 Å². The quantitative estimate of drug-likeness (QED) is 0.841. The number of rotatable bonds is 3. The Labute approximate surface area is 106 Å². The molecule has 1 aliphatic heterocycles. The van der Waals surface area contributed by atoms with Gasteiger partial charge in [-0.1, -0.05) is 11.6 Å². The predicted octanol–water partition coefficient (Wildman–Crippen LogP) is 2.36. The third-order valence-electron chi connectivity index (χ3n) is 3.25. The molecule has 17 heavy (non-hydrogen) atoms. The van der Waals surface area contributed by atoms with Gasteiger partial charge in [0.2, 0.25) is 0 Å². The maximum Gasteiger partial charge on any atom is 0.151 e. The van der Waals surface area contributed by atoms with Crippen LogP contribution in [0.15, 0.2) is 18.2 Å². The Balaban J connectivity index is 2.16. The van der Waals surface area contributed by atoms with E-state index in [0.29, 0.717) is 16.5 Å². The normalized spacial score (nSPS) is 20.4. The molecule has 0 spiro atoms. The van der Waals surface area contributed by atoms with Crippen LogP contribution in [-0.4, -0.2) is 31.1 Å². The van der Waals surface area contributed by atoms with E-state index in [4.69, 9.17) is 11.6 Å². The number of aliphatic hydroxyl groups is 1. The number of anilines is 1. The maximum absolute atomic E-state index is 10.7. The number of carbonyl (C=O) groups is 1. The topological polar surface area (TPSA) is 40.5 Å². The fourth-order valence-electron chi connectivity index (χ4n) is 2.26. The van der Waals surface area contributed by atoms with Crippen molar-refractivity contribution in [2.24, 2.45) is 5.92 Å². The van der Waals surface area contributed by atoms with Crippen LogP contribution >= 0.6 is 11.6 Å². The summed E-state index contributed by atoms with van der Waals surface area (Å²) in [7, 11) is 0. The summed E-state index contributed by atoms with van der Waals surface area (Å²) in [6.45, 7) is 2.07. The fourth-order valence-corrected chi connectivity index (χ4v) is 2.48. The molecule has 4 heteroatoms. The van der Waals surface area contributed by atoms with Crippen molar-refractivity contribution in [3.63, 3.8) is 0 Å². The molecule has 1 unspecified atom stereocenters. The molecule has 1 aromatic carbocycles. The van der Waals surface area contributed by atoms with Gasteiger partial charge in [-0.05, 0) is 37.0 Å². The summed E-state index contributed by atoms with van der Waals surface area (Å²) in [5.74, 6) is 0.341. The lowest BCUT2D eigenvalue weighted by molar-refractivity contribution is 0.112. The van der Waals surface area contributed by atoms with E-state index in [9.17, 15) is 9.90 Å². The SMILES string of the molecule is O=Cc1ccc(N2CCCC(CO)C2)cc1Cl. The zero-order valence-corrected chi connectivity index (χ0v) is 10.4. The van der Waals surface area contributed by atoms with Crippen LogP contribution in [0.4, 0.5) is 5.69 Å². The lowest BCUT2D eigenvalue weighted by Crippen LogP contribution is -2.36. The molecule has 0 bridgehead atoms. The number of aldehydes is 1. The van der Waals surface area contributed by atoms with Gasteiger partial charge in [-0.25, -0.2) is 0 Å². The van der Waals surface area contributed by atoms with Gasteiger partial charge in [0.15, 0.2) is 6.29 Å². The Morgan fingerprint density at radius 2 is 2.35 bits per heavy atom. The van der Waals surface area contributed by atoms with E-state index < -0.39 is 0 Å². The Hall–Kier alpha value is -1.06. The summed E-state index contributed by atoms with van der Waals surface area (Å²) in [4.78, 5) is 12.9. The van der Waals surface area contributed by atoms with Crippen molar-refractivity contribution >= 4 is 23.6 Å². The molecule has 1 saturated heterocycles. The van der Waals surface area contributed by atoms with Crippen molar-refractivity contribution in [3.8, 4) is 0 Å². The number of halogens is 1. The molecule has 1 aromatic rings. The summed E-state index contributed by atoms with van der Waals surface area (Å²) >= 11 is 6.01. The first-order chi connectivity index (χ1) is 8.24. The molecule has 1 atom stereocenters. The lowest BCUT2D eigenvalue weighted by Gasteiger charge is -2.33. The molecule has 0 aliphatic carbocycles. The highest BCUT2D eigenvalue weighted by Crippen LogP contribution is 2.26. The predicted molar refractivity (Wildman–Crippen MR) is 68.9 cm³/mol. The van der Waals surface area contributed by atoms with E-state index in [1.54, 1.807) is 6.07 Å². The van der Waals surface area contributed by atoms with Crippen molar-refractivity contribution in [2.45, 2.75) is 12.8 Å². The van der Waals surface area contributed by atoms with Crippen LogP contribution in [0.1, 0.15) is 23.2 Å². The molecule has 3 nitrogen and oxygen atoms in total. The molecule has 2 rings (SSSR count). The minimum absolute atomic E-state index is 0.233. The summed E-state index contributed by atoms with van der Waals surface area (Å²) < 4.78 is 0. The van der Waals surface area contributed by atoms with Crippen LogP contribution in [-0.2, 0) is 0 Å². The monoisotopic (exact) mass is 253 g/mol. The second-order valence-electron chi connectivity index (χ2n) is 4.46. The third-order valence-corrected chi connectivity index (χ3v) is 3.58. The van der Waals surface area contributed by atoms with Gasteiger partial charge in [0.25, 0.3) is 0 Å². The average Bonchev–Trinajstić information content (AvgIpc) is 2.38. The third kappa shape index (κ3) is 2.79. The Morgan fingerprint density at radius 1 is 1.53 bits per heavy atom. The molecular weight excluding hydrogens is 238 g/mol. The number of carbonyl (C=O) groups excluding carboxylic acids is 1. The van der Waals surface area contributed by atoms with Crippen LogP contribution < -0.4 is 4.90 Å². The number of piperidine rings is 1. The van der Waals surface area contributed by atoms with Crippen molar-refractivity contribution in [2.75, 3.05) is 24.6 Å². The second kappa shape index (κ2) is 5.52. The molecule has 0 amide bonds. The zero-order chi connectivity index (χ0) is 12.3. The van der Waals surface area contributed by atoms with E-state index in [0.717, 1.165) is 37.9 Å². The Bertz CT molecular complexity index is 408. The number of aliphatic hydroxyl groups excluding tert-OH is 1. The van der Waals surface area contributed by atoms with E-state index in [1.807, 2.05) is 12.1 Å². The molecule has 1 fully saturated rings.